The molecule has 2 aromatic rings. The highest BCUT2D eigenvalue weighted by atomic mass is 32.1. The molecule has 1 N–H and O–H groups in total. The number of rotatable bonds is 4. The van der Waals surface area contributed by atoms with Gasteiger partial charge in [0.15, 0.2) is 10.6 Å². The summed E-state index contributed by atoms with van der Waals surface area (Å²) in [6.07, 6.45) is 1.14. The Kier molecular flexibility index (Phi) is 3.97. The second kappa shape index (κ2) is 5.48. The summed E-state index contributed by atoms with van der Waals surface area (Å²) in [5.74, 6) is 1.53. The molecule has 4 heteroatoms. The minimum absolute atomic E-state index is 0.596. The van der Waals surface area contributed by atoms with E-state index in [0.29, 0.717) is 10.7 Å². The molecule has 0 amide bonds. The number of nitrogens with zero attached hydrogens (tertiary/aromatic N) is 2. The molecule has 2 rings (SSSR count). The Hall–Kier alpha value is -1.42. The molecule has 0 radical (unpaired) electrons. The van der Waals surface area contributed by atoms with Crippen molar-refractivity contribution in [2.75, 3.05) is 0 Å². The fraction of sp³-hybridized carbons (Fsp3) is 0.429. The first-order valence-corrected chi connectivity index (χ1v) is 6.75. The molecule has 0 saturated heterocycles. The van der Waals surface area contributed by atoms with Gasteiger partial charge in [-0.3, -0.25) is 9.67 Å². The molecule has 1 heterocycles. The SMILES string of the molecule is CC[C@@H](C)Cn1c(-c2ccc(C)cc2)n[nH]c1=S. The fourth-order valence-corrected chi connectivity index (χ4v) is 2.06. The van der Waals surface area contributed by atoms with Crippen LogP contribution in [0.25, 0.3) is 11.4 Å². The maximum Gasteiger partial charge on any atom is 0.195 e. The van der Waals surface area contributed by atoms with Crippen LogP contribution in [0.2, 0.25) is 0 Å². The number of aryl methyl sites for hydroxylation is 1. The van der Waals surface area contributed by atoms with Crippen molar-refractivity contribution in [3.8, 4) is 11.4 Å². The van der Waals surface area contributed by atoms with Gasteiger partial charge in [0.1, 0.15) is 0 Å². The fourth-order valence-electron chi connectivity index (χ4n) is 1.85. The summed E-state index contributed by atoms with van der Waals surface area (Å²) in [7, 11) is 0. The number of hydrogen-bond acceptors (Lipinski definition) is 2. The van der Waals surface area contributed by atoms with Crippen LogP contribution in [0.4, 0.5) is 0 Å². The first kappa shape index (κ1) is 13.0. The lowest BCUT2D eigenvalue weighted by Crippen LogP contribution is -2.08. The zero-order valence-corrected chi connectivity index (χ0v) is 11.9. The number of aromatic amines is 1. The van der Waals surface area contributed by atoms with Crippen LogP contribution in [-0.2, 0) is 6.54 Å². The minimum Gasteiger partial charge on any atom is -0.300 e. The van der Waals surface area contributed by atoms with Crippen molar-refractivity contribution in [3.63, 3.8) is 0 Å². The van der Waals surface area contributed by atoms with Crippen LogP contribution in [0.1, 0.15) is 25.8 Å². The molecule has 1 aromatic carbocycles. The summed E-state index contributed by atoms with van der Waals surface area (Å²) in [6, 6.07) is 8.38. The summed E-state index contributed by atoms with van der Waals surface area (Å²) in [4.78, 5) is 0. The number of aromatic nitrogens is 3. The van der Waals surface area contributed by atoms with Gasteiger partial charge >= 0.3 is 0 Å². The molecule has 0 bridgehead atoms. The molecule has 96 valence electrons. The lowest BCUT2D eigenvalue weighted by Gasteiger charge is -2.11. The van der Waals surface area contributed by atoms with Gasteiger partial charge in [0.25, 0.3) is 0 Å². The second-order valence-electron chi connectivity index (χ2n) is 4.84. The van der Waals surface area contributed by atoms with Crippen molar-refractivity contribution >= 4 is 12.2 Å². The Labute approximate surface area is 113 Å². The Morgan fingerprint density at radius 3 is 2.61 bits per heavy atom. The summed E-state index contributed by atoms with van der Waals surface area (Å²) >= 11 is 5.31. The van der Waals surface area contributed by atoms with Crippen molar-refractivity contribution in [3.05, 3.63) is 34.6 Å². The third kappa shape index (κ3) is 2.70. The summed E-state index contributed by atoms with van der Waals surface area (Å²) in [5, 5.41) is 7.24. The van der Waals surface area contributed by atoms with Crippen LogP contribution in [0.5, 0.6) is 0 Å². The first-order valence-electron chi connectivity index (χ1n) is 6.34. The Balaban J connectivity index is 2.39. The van der Waals surface area contributed by atoms with Gasteiger partial charge < -0.3 is 0 Å². The molecule has 1 aromatic heterocycles. The average Bonchev–Trinajstić information content (AvgIpc) is 2.72. The predicted molar refractivity (Wildman–Crippen MR) is 77.0 cm³/mol. The highest BCUT2D eigenvalue weighted by Crippen LogP contribution is 2.19. The number of hydrogen-bond donors (Lipinski definition) is 1. The van der Waals surface area contributed by atoms with Crippen LogP contribution >= 0.6 is 12.2 Å². The third-order valence-electron chi connectivity index (χ3n) is 3.26. The molecule has 3 nitrogen and oxygen atoms in total. The molecule has 0 aliphatic heterocycles. The highest BCUT2D eigenvalue weighted by Gasteiger charge is 2.10. The van der Waals surface area contributed by atoms with Gasteiger partial charge in [-0.2, -0.15) is 5.10 Å². The van der Waals surface area contributed by atoms with Gasteiger partial charge in [-0.15, -0.1) is 0 Å². The molecule has 0 fully saturated rings. The van der Waals surface area contributed by atoms with Gasteiger partial charge in [0.2, 0.25) is 0 Å². The van der Waals surface area contributed by atoms with E-state index in [4.69, 9.17) is 12.2 Å². The van der Waals surface area contributed by atoms with Crippen molar-refractivity contribution in [1.82, 2.24) is 14.8 Å². The van der Waals surface area contributed by atoms with Crippen LogP contribution in [0.15, 0.2) is 24.3 Å². The Morgan fingerprint density at radius 1 is 1.33 bits per heavy atom. The van der Waals surface area contributed by atoms with Gasteiger partial charge in [-0.05, 0) is 25.1 Å². The standard InChI is InChI=1S/C14H19N3S/c1-4-10(2)9-17-13(15-16-14(17)18)12-7-5-11(3)6-8-12/h5-8,10H,4,9H2,1-3H3,(H,16,18)/t10-/m1/s1. The van der Waals surface area contributed by atoms with E-state index in [9.17, 15) is 0 Å². The molecule has 0 aliphatic rings. The average molecular weight is 261 g/mol. The summed E-state index contributed by atoms with van der Waals surface area (Å²) in [6.45, 7) is 7.42. The monoisotopic (exact) mass is 261 g/mol. The molecule has 0 spiro atoms. The predicted octanol–water partition coefficient (Wildman–Crippen LogP) is 3.96. The van der Waals surface area contributed by atoms with Gasteiger partial charge in [-0.1, -0.05) is 50.1 Å². The molecular weight excluding hydrogens is 242 g/mol. The normalized spacial score (nSPS) is 12.6. The Bertz CT molecular complexity index is 565. The quantitative estimate of drug-likeness (QED) is 0.845. The molecule has 1 atom stereocenters. The van der Waals surface area contributed by atoms with Crippen LogP contribution < -0.4 is 0 Å². The maximum atomic E-state index is 5.31. The van der Waals surface area contributed by atoms with Gasteiger partial charge in [0.05, 0.1) is 0 Å². The third-order valence-corrected chi connectivity index (χ3v) is 3.57. The van der Waals surface area contributed by atoms with E-state index < -0.39 is 0 Å². The van der Waals surface area contributed by atoms with E-state index in [0.717, 1.165) is 24.4 Å². The Morgan fingerprint density at radius 2 is 2.00 bits per heavy atom. The molecule has 18 heavy (non-hydrogen) atoms. The van der Waals surface area contributed by atoms with Crippen LogP contribution in [0.3, 0.4) is 0 Å². The zero-order chi connectivity index (χ0) is 13.1. The van der Waals surface area contributed by atoms with Gasteiger partial charge in [-0.25, -0.2) is 0 Å². The minimum atomic E-state index is 0.596. The van der Waals surface area contributed by atoms with Crippen molar-refractivity contribution < 1.29 is 0 Å². The molecule has 0 unspecified atom stereocenters. The number of benzene rings is 1. The molecule has 0 aliphatic carbocycles. The second-order valence-corrected chi connectivity index (χ2v) is 5.23. The van der Waals surface area contributed by atoms with Crippen LogP contribution in [0, 0.1) is 17.6 Å². The zero-order valence-electron chi connectivity index (χ0n) is 11.1. The topological polar surface area (TPSA) is 33.6 Å². The molecular formula is C14H19N3S. The van der Waals surface area contributed by atoms with Gasteiger partial charge in [0, 0.05) is 12.1 Å². The lowest BCUT2D eigenvalue weighted by atomic mass is 10.1. The largest absolute Gasteiger partial charge is 0.300 e. The van der Waals surface area contributed by atoms with E-state index >= 15 is 0 Å². The lowest BCUT2D eigenvalue weighted by molar-refractivity contribution is 0.467. The molecule has 0 saturated carbocycles. The number of H-pyrrole nitrogens is 1. The van der Waals surface area contributed by atoms with E-state index in [1.54, 1.807) is 0 Å². The van der Waals surface area contributed by atoms with Crippen molar-refractivity contribution in [1.29, 1.82) is 0 Å². The van der Waals surface area contributed by atoms with Crippen LogP contribution in [-0.4, -0.2) is 14.8 Å². The summed E-state index contributed by atoms with van der Waals surface area (Å²) in [5.41, 5.74) is 2.36. The van der Waals surface area contributed by atoms with E-state index in [-0.39, 0.29) is 0 Å². The number of nitrogens with one attached hydrogen (secondary N) is 1. The highest BCUT2D eigenvalue weighted by molar-refractivity contribution is 7.71. The van der Waals surface area contributed by atoms with E-state index in [1.807, 2.05) is 0 Å². The van der Waals surface area contributed by atoms with Crippen molar-refractivity contribution in [2.45, 2.75) is 33.7 Å². The van der Waals surface area contributed by atoms with E-state index in [2.05, 4.69) is 59.8 Å². The van der Waals surface area contributed by atoms with E-state index in [1.165, 1.54) is 5.56 Å². The van der Waals surface area contributed by atoms with Crippen molar-refractivity contribution in [2.24, 2.45) is 5.92 Å². The summed E-state index contributed by atoms with van der Waals surface area (Å²) < 4.78 is 2.79. The first-order chi connectivity index (χ1) is 8.61. The maximum absolute atomic E-state index is 5.31. The smallest absolute Gasteiger partial charge is 0.195 e.